The van der Waals surface area contributed by atoms with Gasteiger partial charge >= 0.3 is 0 Å². The van der Waals surface area contributed by atoms with Crippen LogP contribution >= 0.6 is 0 Å². The van der Waals surface area contributed by atoms with Gasteiger partial charge < -0.3 is 19.6 Å². The Balaban J connectivity index is 1.59. The average molecular weight is 351 g/mol. The van der Waals surface area contributed by atoms with Crippen LogP contribution in [-0.2, 0) is 17.8 Å². The summed E-state index contributed by atoms with van der Waals surface area (Å²) in [6.07, 6.45) is 0.965. The van der Waals surface area contributed by atoms with Crippen molar-refractivity contribution in [3.05, 3.63) is 72.0 Å². The van der Waals surface area contributed by atoms with Crippen molar-refractivity contribution in [3.8, 4) is 17.1 Å². The van der Waals surface area contributed by atoms with E-state index in [4.69, 9.17) is 14.3 Å². The molecule has 1 heterocycles. The lowest BCUT2D eigenvalue weighted by atomic mass is 10.1. The second-order valence-electron chi connectivity index (χ2n) is 5.84. The van der Waals surface area contributed by atoms with Crippen LogP contribution < -0.4 is 10.1 Å². The number of benzene rings is 2. The molecule has 1 amide bonds. The summed E-state index contributed by atoms with van der Waals surface area (Å²) in [5.74, 6) is 1.56. The van der Waals surface area contributed by atoms with Crippen LogP contribution in [0.1, 0.15) is 18.2 Å². The number of furan rings is 1. The van der Waals surface area contributed by atoms with Crippen molar-refractivity contribution in [2.75, 3.05) is 11.9 Å². The summed E-state index contributed by atoms with van der Waals surface area (Å²) in [7, 11) is 0. The number of aliphatic hydroxyl groups is 1. The SMILES string of the molecule is CCc1ccc(OCC(=O)Nc2cccc(-c3ccc(CO)o3)c2)cc1. The molecule has 0 fully saturated rings. The van der Waals surface area contributed by atoms with Crippen LogP contribution in [0.25, 0.3) is 11.3 Å². The van der Waals surface area contributed by atoms with Crippen LogP contribution in [0, 0.1) is 0 Å². The topological polar surface area (TPSA) is 71.7 Å². The van der Waals surface area contributed by atoms with E-state index in [-0.39, 0.29) is 19.1 Å². The molecular formula is C21H21NO4. The Bertz CT molecular complexity index is 868. The molecule has 2 N–H and O–H groups in total. The van der Waals surface area contributed by atoms with Gasteiger partial charge in [-0.2, -0.15) is 0 Å². The van der Waals surface area contributed by atoms with Gasteiger partial charge in [0, 0.05) is 11.3 Å². The van der Waals surface area contributed by atoms with Crippen LogP contribution in [0.5, 0.6) is 5.75 Å². The Morgan fingerprint density at radius 1 is 1.12 bits per heavy atom. The minimum absolute atomic E-state index is 0.0644. The Morgan fingerprint density at radius 3 is 2.62 bits per heavy atom. The van der Waals surface area contributed by atoms with E-state index in [1.54, 1.807) is 18.2 Å². The lowest BCUT2D eigenvalue weighted by Crippen LogP contribution is -2.20. The van der Waals surface area contributed by atoms with Gasteiger partial charge in [0.1, 0.15) is 23.9 Å². The molecule has 0 bridgehead atoms. The van der Waals surface area contributed by atoms with Crippen LogP contribution in [-0.4, -0.2) is 17.6 Å². The number of aliphatic hydroxyl groups excluding tert-OH is 1. The number of carbonyl (C=O) groups excluding carboxylic acids is 1. The third-order valence-electron chi connectivity index (χ3n) is 3.95. The maximum absolute atomic E-state index is 12.1. The van der Waals surface area contributed by atoms with Crippen LogP contribution in [0.2, 0.25) is 0 Å². The Labute approximate surface area is 152 Å². The van der Waals surface area contributed by atoms with Crippen molar-refractivity contribution < 1.29 is 19.1 Å². The van der Waals surface area contributed by atoms with Gasteiger partial charge in [-0.1, -0.05) is 31.2 Å². The number of nitrogens with one attached hydrogen (secondary N) is 1. The quantitative estimate of drug-likeness (QED) is 0.674. The van der Waals surface area contributed by atoms with Crippen molar-refractivity contribution in [3.63, 3.8) is 0 Å². The molecule has 0 spiro atoms. The van der Waals surface area contributed by atoms with Crippen molar-refractivity contribution in [2.45, 2.75) is 20.0 Å². The molecule has 1 aromatic heterocycles. The summed E-state index contributed by atoms with van der Waals surface area (Å²) in [6.45, 7) is 1.88. The van der Waals surface area contributed by atoms with E-state index in [0.717, 1.165) is 12.0 Å². The first-order valence-corrected chi connectivity index (χ1v) is 8.49. The molecule has 0 saturated carbocycles. The van der Waals surface area contributed by atoms with Crippen LogP contribution in [0.3, 0.4) is 0 Å². The predicted molar refractivity (Wildman–Crippen MR) is 100 cm³/mol. The van der Waals surface area contributed by atoms with Gasteiger partial charge in [-0.3, -0.25) is 4.79 Å². The lowest BCUT2D eigenvalue weighted by molar-refractivity contribution is -0.118. The highest BCUT2D eigenvalue weighted by atomic mass is 16.5. The number of hydrogen-bond donors (Lipinski definition) is 2. The van der Waals surface area contributed by atoms with E-state index >= 15 is 0 Å². The zero-order chi connectivity index (χ0) is 18.4. The number of ether oxygens (including phenoxy) is 1. The Kier molecular flexibility index (Phi) is 5.71. The Morgan fingerprint density at radius 2 is 1.92 bits per heavy atom. The van der Waals surface area contributed by atoms with Crippen LogP contribution in [0.15, 0.2) is 65.1 Å². The summed E-state index contributed by atoms with van der Waals surface area (Å²) in [6, 6.07) is 18.5. The smallest absolute Gasteiger partial charge is 0.262 e. The molecule has 0 aliphatic heterocycles. The van der Waals surface area contributed by atoms with Gasteiger partial charge in [0.05, 0.1) is 0 Å². The molecule has 26 heavy (non-hydrogen) atoms. The molecule has 0 aliphatic rings. The molecule has 0 atom stereocenters. The first-order chi connectivity index (χ1) is 12.7. The summed E-state index contributed by atoms with van der Waals surface area (Å²) in [5.41, 5.74) is 2.69. The minimum atomic E-state index is -0.239. The summed E-state index contributed by atoms with van der Waals surface area (Å²) in [4.78, 5) is 12.1. The highest BCUT2D eigenvalue weighted by Crippen LogP contribution is 2.25. The number of carbonyl (C=O) groups is 1. The van der Waals surface area contributed by atoms with Gasteiger partial charge in [-0.15, -0.1) is 0 Å². The zero-order valence-electron chi connectivity index (χ0n) is 14.6. The second-order valence-corrected chi connectivity index (χ2v) is 5.84. The molecule has 5 heteroatoms. The van der Waals surface area contributed by atoms with E-state index in [9.17, 15) is 4.79 Å². The first-order valence-electron chi connectivity index (χ1n) is 8.49. The number of aryl methyl sites for hydroxylation is 1. The standard InChI is InChI=1S/C21H21NO4/c1-2-15-6-8-18(9-7-15)25-14-21(24)22-17-5-3-4-16(12-17)20-11-10-19(13-23)26-20/h3-12,23H,2,13-14H2,1H3,(H,22,24). The van der Waals surface area contributed by atoms with Crippen molar-refractivity contribution in [2.24, 2.45) is 0 Å². The summed E-state index contributed by atoms with van der Waals surface area (Å²) >= 11 is 0. The van der Waals surface area contributed by atoms with E-state index < -0.39 is 0 Å². The normalized spacial score (nSPS) is 10.5. The van der Waals surface area contributed by atoms with Gasteiger partial charge in [-0.05, 0) is 48.4 Å². The van der Waals surface area contributed by atoms with E-state index in [0.29, 0.717) is 23.0 Å². The second kappa shape index (κ2) is 8.36. The first kappa shape index (κ1) is 17.8. The molecule has 0 radical (unpaired) electrons. The Hall–Kier alpha value is -3.05. The van der Waals surface area contributed by atoms with E-state index in [2.05, 4.69) is 12.2 Å². The monoisotopic (exact) mass is 351 g/mol. The number of amides is 1. The molecule has 134 valence electrons. The molecule has 0 aliphatic carbocycles. The summed E-state index contributed by atoms with van der Waals surface area (Å²) in [5, 5.41) is 11.9. The maximum Gasteiger partial charge on any atom is 0.262 e. The molecule has 0 unspecified atom stereocenters. The number of anilines is 1. The molecule has 3 rings (SSSR count). The predicted octanol–water partition coefficient (Wildman–Crippen LogP) is 4.02. The van der Waals surface area contributed by atoms with E-state index in [1.165, 1.54) is 5.56 Å². The maximum atomic E-state index is 12.1. The molecule has 5 nitrogen and oxygen atoms in total. The fourth-order valence-electron chi connectivity index (χ4n) is 2.54. The van der Waals surface area contributed by atoms with Gasteiger partial charge in [-0.25, -0.2) is 0 Å². The average Bonchev–Trinajstić information content (AvgIpc) is 3.16. The molecule has 0 saturated heterocycles. The highest BCUT2D eigenvalue weighted by Gasteiger charge is 2.08. The highest BCUT2D eigenvalue weighted by molar-refractivity contribution is 5.92. The van der Waals surface area contributed by atoms with Crippen molar-refractivity contribution in [1.29, 1.82) is 0 Å². The minimum Gasteiger partial charge on any atom is -0.484 e. The third-order valence-corrected chi connectivity index (χ3v) is 3.95. The fourth-order valence-corrected chi connectivity index (χ4v) is 2.54. The lowest BCUT2D eigenvalue weighted by Gasteiger charge is -2.09. The molecule has 2 aromatic carbocycles. The van der Waals surface area contributed by atoms with Gasteiger partial charge in [0.15, 0.2) is 6.61 Å². The third kappa shape index (κ3) is 4.52. The number of rotatable bonds is 7. The molecule has 3 aromatic rings. The van der Waals surface area contributed by atoms with Gasteiger partial charge in [0.25, 0.3) is 5.91 Å². The van der Waals surface area contributed by atoms with Crippen molar-refractivity contribution in [1.82, 2.24) is 0 Å². The van der Waals surface area contributed by atoms with Crippen molar-refractivity contribution >= 4 is 11.6 Å². The zero-order valence-corrected chi connectivity index (χ0v) is 14.6. The summed E-state index contributed by atoms with van der Waals surface area (Å²) < 4.78 is 11.0. The van der Waals surface area contributed by atoms with Crippen LogP contribution in [0.4, 0.5) is 5.69 Å². The van der Waals surface area contributed by atoms with E-state index in [1.807, 2.05) is 42.5 Å². The number of hydrogen-bond acceptors (Lipinski definition) is 4. The largest absolute Gasteiger partial charge is 0.484 e. The molecular weight excluding hydrogens is 330 g/mol. The fraction of sp³-hybridized carbons (Fsp3) is 0.190. The van der Waals surface area contributed by atoms with Gasteiger partial charge in [0.2, 0.25) is 0 Å².